The van der Waals surface area contributed by atoms with Crippen LogP contribution >= 0.6 is 23.1 Å². The SMILES string of the molecule is CSc1cccc2sc(N3CCN(S(=O)(=O)c4ccc(C)cc4)CC3)nc12. The van der Waals surface area contributed by atoms with Crippen molar-refractivity contribution in [2.24, 2.45) is 0 Å². The third-order valence-corrected chi connectivity index (χ3v) is 8.52. The normalized spacial score (nSPS) is 16.1. The molecule has 1 aromatic heterocycles. The molecular weight excluding hydrogens is 398 g/mol. The highest BCUT2D eigenvalue weighted by atomic mass is 32.2. The van der Waals surface area contributed by atoms with Crippen LogP contribution in [-0.4, -0.2) is 50.1 Å². The first kappa shape index (κ1) is 18.7. The molecule has 0 bridgehead atoms. The topological polar surface area (TPSA) is 53.5 Å². The van der Waals surface area contributed by atoms with Crippen molar-refractivity contribution >= 4 is 48.5 Å². The van der Waals surface area contributed by atoms with Crippen LogP contribution in [0.3, 0.4) is 0 Å². The number of benzene rings is 2. The number of aromatic nitrogens is 1. The van der Waals surface area contributed by atoms with E-state index in [1.54, 1.807) is 39.5 Å². The number of nitrogens with zero attached hydrogens (tertiary/aromatic N) is 3. The monoisotopic (exact) mass is 419 g/mol. The Bertz CT molecular complexity index is 1050. The molecule has 1 aliphatic rings. The summed E-state index contributed by atoms with van der Waals surface area (Å²) in [6, 6.07) is 13.3. The van der Waals surface area contributed by atoms with Gasteiger partial charge in [-0.15, -0.1) is 11.8 Å². The summed E-state index contributed by atoms with van der Waals surface area (Å²) < 4.78 is 28.5. The molecule has 2 aromatic carbocycles. The maximum absolute atomic E-state index is 12.9. The number of rotatable bonds is 4. The number of hydrogen-bond donors (Lipinski definition) is 0. The van der Waals surface area contributed by atoms with Crippen LogP contribution in [0.15, 0.2) is 52.3 Å². The van der Waals surface area contributed by atoms with Gasteiger partial charge in [-0.25, -0.2) is 13.4 Å². The van der Waals surface area contributed by atoms with Gasteiger partial charge in [0.1, 0.15) is 0 Å². The van der Waals surface area contributed by atoms with Crippen molar-refractivity contribution in [3.63, 3.8) is 0 Å². The van der Waals surface area contributed by atoms with Crippen molar-refractivity contribution in [1.29, 1.82) is 0 Å². The van der Waals surface area contributed by atoms with Crippen molar-refractivity contribution in [1.82, 2.24) is 9.29 Å². The zero-order valence-electron chi connectivity index (χ0n) is 15.3. The number of thiazole rings is 1. The molecule has 0 spiro atoms. The van der Waals surface area contributed by atoms with Gasteiger partial charge in [0.05, 0.1) is 15.1 Å². The van der Waals surface area contributed by atoms with Crippen LogP contribution in [0.1, 0.15) is 5.56 Å². The van der Waals surface area contributed by atoms with E-state index in [-0.39, 0.29) is 0 Å². The largest absolute Gasteiger partial charge is 0.345 e. The van der Waals surface area contributed by atoms with Gasteiger partial charge >= 0.3 is 0 Å². The average Bonchev–Trinajstić information content (AvgIpc) is 3.13. The number of fused-ring (bicyclic) bond motifs is 1. The molecule has 142 valence electrons. The molecule has 5 nitrogen and oxygen atoms in total. The summed E-state index contributed by atoms with van der Waals surface area (Å²) in [7, 11) is -3.43. The number of sulfonamides is 1. The molecule has 1 aliphatic heterocycles. The fourth-order valence-electron chi connectivity index (χ4n) is 3.19. The number of anilines is 1. The highest BCUT2D eigenvalue weighted by molar-refractivity contribution is 7.98. The number of para-hydroxylation sites is 1. The summed E-state index contributed by atoms with van der Waals surface area (Å²) in [4.78, 5) is 8.55. The van der Waals surface area contributed by atoms with E-state index >= 15 is 0 Å². The molecular formula is C19H21N3O2S3. The average molecular weight is 420 g/mol. The maximum atomic E-state index is 12.9. The van der Waals surface area contributed by atoms with Crippen LogP contribution < -0.4 is 4.90 Å². The van der Waals surface area contributed by atoms with Gasteiger partial charge in [0, 0.05) is 31.1 Å². The zero-order chi connectivity index (χ0) is 19.0. The Balaban J connectivity index is 1.51. The predicted octanol–water partition coefficient (Wildman–Crippen LogP) is 3.84. The van der Waals surface area contributed by atoms with E-state index < -0.39 is 10.0 Å². The molecule has 1 fully saturated rings. The molecule has 4 rings (SSSR count). The van der Waals surface area contributed by atoms with Crippen molar-refractivity contribution in [2.45, 2.75) is 16.7 Å². The van der Waals surface area contributed by atoms with Gasteiger partial charge in [-0.3, -0.25) is 0 Å². The van der Waals surface area contributed by atoms with E-state index in [1.807, 2.05) is 19.1 Å². The zero-order valence-corrected chi connectivity index (χ0v) is 17.7. The van der Waals surface area contributed by atoms with Gasteiger partial charge in [-0.2, -0.15) is 4.31 Å². The predicted molar refractivity (Wildman–Crippen MR) is 114 cm³/mol. The Labute approximate surface area is 168 Å². The van der Waals surface area contributed by atoms with Crippen LogP contribution in [0.2, 0.25) is 0 Å². The van der Waals surface area contributed by atoms with Gasteiger partial charge < -0.3 is 4.90 Å². The van der Waals surface area contributed by atoms with Gasteiger partial charge in [0.2, 0.25) is 10.0 Å². The molecule has 0 amide bonds. The quantitative estimate of drug-likeness (QED) is 0.602. The first-order valence-electron chi connectivity index (χ1n) is 8.74. The lowest BCUT2D eigenvalue weighted by atomic mass is 10.2. The van der Waals surface area contributed by atoms with E-state index in [9.17, 15) is 8.42 Å². The number of hydrogen-bond acceptors (Lipinski definition) is 6. The molecule has 0 N–H and O–H groups in total. The van der Waals surface area contributed by atoms with Crippen LogP contribution in [0.25, 0.3) is 10.2 Å². The van der Waals surface area contributed by atoms with E-state index in [1.165, 1.54) is 9.60 Å². The Morgan fingerprint density at radius 3 is 2.41 bits per heavy atom. The third-order valence-electron chi connectivity index (χ3n) is 4.76. The second-order valence-corrected chi connectivity index (χ2v) is 10.3. The minimum Gasteiger partial charge on any atom is -0.345 e. The summed E-state index contributed by atoms with van der Waals surface area (Å²) in [5.41, 5.74) is 2.10. The molecule has 8 heteroatoms. The molecule has 0 atom stereocenters. The molecule has 0 radical (unpaired) electrons. The maximum Gasteiger partial charge on any atom is 0.243 e. The van der Waals surface area contributed by atoms with Gasteiger partial charge in [-0.05, 0) is 37.4 Å². The van der Waals surface area contributed by atoms with Gasteiger partial charge in [0.25, 0.3) is 0 Å². The molecule has 0 aliphatic carbocycles. The van der Waals surface area contributed by atoms with Crippen molar-refractivity contribution in [2.75, 3.05) is 37.3 Å². The molecule has 1 saturated heterocycles. The van der Waals surface area contributed by atoms with Gasteiger partial charge in [-0.1, -0.05) is 35.1 Å². The second kappa shape index (κ2) is 7.43. The standard InChI is InChI=1S/C19H21N3O2S3/c1-14-6-8-15(9-7-14)27(23,24)22-12-10-21(11-13-22)19-20-18-16(25-2)4-3-5-17(18)26-19/h3-9H,10-13H2,1-2H3. The molecule has 27 heavy (non-hydrogen) atoms. The van der Waals surface area contributed by atoms with Crippen molar-refractivity contribution < 1.29 is 8.42 Å². The number of piperazine rings is 1. The summed E-state index contributed by atoms with van der Waals surface area (Å²) in [5, 5.41) is 0.971. The first-order valence-corrected chi connectivity index (χ1v) is 12.2. The lowest BCUT2D eigenvalue weighted by molar-refractivity contribution is 0.385. The summed E-state index contributed by atoms with van der Waals surface area (Å²) >= 11 is 3.37. The molecule has 0 saturated carbocycles. The molecule has 3 aromatic rings. The summed E-state index contributed by atoms with van der Waals surface area (Å²) in [6.45, 7) is 4.21. The third kappa shape index (κ3) is 3.59. The first-order chi connectivity index (χ1) is 13.0. The van der Waals surface area contributed by atoms with E-state index in [0.29, 0.717) is 31.1 Å². The van der Waals surface area contributed by atoms with Crippen molar-refractivity contribution in [3.05, 3.63) is 48.0 Å². The second-order valence-electron chi connectivity index (χ2n) is 6.51. The lowest BCUT2D eigenvalue weighted by Gasteiger charge is -2.33. The smallest absolute Gasteiger partial charge is 0.243 e. The van der Waals surface area contributed by atoms with Crippen molar-refractivity contribution in [3.8, 4) is 0 Å². The van der Waals surface area contributed by atoms with E-state index in [2.05, 4.69) is 29.4 Å². The Morgan fingerprint density at radius 1 is 1.04 bits per heavy atom. The Hall–Kier alpha value is -1.61. The van der Waals surface area contributed by atoms with E-state index in [0.717, 1.165) is 16.2 Å². The van der Waals surface area contributed by atoms with Crippen LogP contribution in [0.5, 0.6) is 0 Å². The number of aryl methyl sites for hydroxylation is 1. The summed E-state index contributed by atoms with van der Waals surface area (Å²) in [5.74, 6) is 0. The minimum atomic E-state index is -3.43. The van der Waals surface area contributed by atoms with E-state index in [4.69, 9.17) is 4.98 Å². The fraction of sp³-hybridized carbons (Fsp3) is 0.316. The van der Waals surface area contributed by atoms with Crippen LogP contribution in [-0.2, 0) is 10.0 Å². The van der Waals surface area contributed by atoms with Crippen LogP contribution in [0.4, 0.5) is 5.13 Å². The number of thioether (sulfide) groups is 1. The van der Waals surface area contributed by atoms with Gasteiger partial charge in [0.15, 0.2) is 5.13 Å². The Morgan fingerprint density at radius 2 is 1.74 bits per heavy atom. The highest BCUT2D eigenvalue weighted by Crippen LogP contribution is 2.34. The molecule has 2 heterocycles. The fourth-order valence-corrected chi connectivity index (χ4v) is 6.29. The Kier molecular flexibility index (Phi) is 5.15. The minimum absolute atomic E-state index is 0.367. The summed E-state index contributed by atoms with van der Waals surface area (Å²) in [6.07, 6.45) is 2.06. The molecule has 0 unspecified atom stereocenters. The highest BCUT2D eigenvalue weighted by Gasteiger charge is 2.29. The van der Waals surface area contributed by atoms with Crippen LogP contribution in [0, 0.1) is 6.92 Å². The lowest BCUT2D eigenvalue weighted by Crippen LogP contribution is -2.48.